The zero-order valence-corrected chi connectivity index (χ0v) is 10.8. The molecule has 0 bridgehead atoms. The summed E-state index contributed by atoms with van der Waals surface area (Å²) >= 11 is 2.56. The molecular formula is C9H11N5OS2. The van der Waals surface area contributed by atoms with Crippen LogP contribution in [0.5, 0.6) is 0 Å². The highest BCUT2D eigenvalue weighted by molar-refractivity contribution is 8.13. The lowest BCUT2D eigenvalue weighted by Crippen LogP contribution is -2.15. The Hall–Kier alpha value is -1.41. The number of nitrogens with two attached hydrogens (primary N) is 1. The first-order chi connectivity index (χ1) is 8.10. The van der Waals surface area contributed by atoms with Gasteiger partial charge in [-0.05, 0) is 6.42 Å². The van der Waals surface area contributed by atoms with E-state index in [2.05, 4.69) is 10.1 Å². The van der Waals surface area contributed by atoms with Gasteiger partial charge in [0.25, 0.3) is 5.56 Å². The van der Waals surface area contributed by atoms with Crippen molar-refractivity contribution in [2.45, 2.75) is 19.1 Å². The Balaban J connectivity index is 2.40. The maximum absolute atomic E-state index is 11.7. The van der Waals surface area contributed by atoms with E-state index < -0.39 is 0 Å². The molecule has 6 nitrogen and oxygen atoms in total. The molecule has 0 aromatic carbocycles. The quantitative estimate of drug-likeness (QED) is 0.635. The first-order valence-electron chi connectivity index (χ1n) is 4.95. The minimum Gasteiger partial charge on any atom is -0.379 e. The summed E-state index contributed by atoms with van der Waals surface area (Å²) in [6.07, 6.45) is 0.783. The van der Waals surface area contributed by atoms with Gasteiger partial charge in [-0.15, -0.1) is 0 Å². The third kappa shape index (κ3) is 2.64. The first kappa shape index (κ1) is 12.1. The lowest BCUT2D eigenvalue weighted by Gasteiger charge is -1.98. The number of hydrogen-bond donors (Lipinski definition) is 2. The predicted molar refractivity (Wildman–Crippen MR) is 69.7 cm³/mol. The Labute approximate surface area is 105 Å². The third-order valence-corrected chi connectivity index (χ3v) is 3.82. The van der Waals surface area contributed by atoms with E-state index in [9.17, 15) is 4.79 Å². The molecule has 0 saturated heterocycles. The van der Waals surface area contributed by atoms with Crippen LogP contribution in [0, 0.1) is 5.41 Å². The molecule has 90 valence electrons. The van der Waals surface area contributed by atoms with E-state index in [1.807, 2.05) is 6.92 Å². The van der Waals surface area contributed by atoms with E-state index in [0.29, 0.717) is 16.4 Å². The Morgan fingerprint density at radius 1 is 1.71 bits per heavy atom. The number of hydrogen-bond acceptors (Lipinski definition) is 6. The molecule has 0 radical (unpaired) electrons. The van der Waals surface area contributed by atoms with Crippen LogP contribution in [0.4, 0.5) is 0 Å². The molecule has 0 unspecified atom stereocenters. The molecule has 0 atom stereocenters. The molecule has 2 aromatic rings. The minimum atomic E-state index is -0.190. The summed E-state index contributed by atoms with van der Waals surface area (Å²) in [4.78, 5) is 16.7. The highest BCUT2D eigenvalue weighted by atomic mass is 32.2. The van der Waals surface area contributed by atoms with Crippen LogP contribution in [0.15, 0.2) is 10.9 Å². The number of aromatic nitrogens is 3. The van der Waals surface area contributed by atoms with Gasteiger partial charge in [-0.2, -0.15) is 9.61 Å². The van der Waals surface area contributed by atoms with Crippen LogP contribution in [0.3, 0.4) is 0 Å². The van der Waals surface area contributed by atoms with Gasteiger partial charge in [0, 0.05) is 11.8 Å². The zero-order valence-electron chi connectivity index (χ0n) is 9.14. The second-order valence-corrected chi connectivity index (χ2v) is 5.34. The number of fused-ring (bicyclic) bond motifs is 1. The molecule has 0 saturated carbocycles. The van der Waals surface area contributed by atoms with E-state index in [0.717, 1.165) is 23.2 Å². The SMILES string of the molecule is CCc1nn2c(=O)cc(CSC(=N)N)nc2s1. The first-order valence-corrected chi connectivity index (χ1v) is 6.76. The summed E-state index contributed by atoms with van der Waals surface area (Å²) in [5.74, 6) is 0.431. The van der Waals surface area contributed by atoms with Crippen LogP contribution in [-0.2, 0) is 12.2 Å². The average Bonchev–Trinajstić information content (AvgIpc) is 2.70. The monoisotopic (exact) mass is 269 g/mol. The second-order valence-electron chi connectivity index (χ2n) is 3.28. The number of thioether (sulfide) groups is 1. The molecule has 17 heavy (non-hydrogen) atoms. The molecule has 0 aliphatic rings. The van der Waals surface area contributed by atoms with Gasteiger partial charge in [0.2, 0.25) is 4.96 Å². The minimum absolute atomic E-state index is 0.0190. The van der Waals surface area contributed by atoms with Crippen LogP contribution >= 0.6 is 23.1 Å². The molecular weight excluding hydrogens is 258 g/mol. The lowest BCUT2D eigenvalue weighted by molar-refractivity contribution is 0.852. The van der Waals surface area contributed by atoms with Crippen molar-refractivity contribution >= 4 is 33.2 Å². The summed E-state index contributed by atoms with van der Waals surface area (Å²) in [6, 6.07) is 1.43. The summed E-state index contributed by atoms with van der Waals surface area (Å²) in [6.45, 7) is 1.98. The summed E-state index contributed by atoms with van der Waals surface area (Å²) in [5.41, 5.74) is 5.68. The Bertz CT molecular complexity index is 617. The normalized spacial score (nSPS) is 10.9. The van der Waals surface area contributed by atoms with Crippen LogP contribution in [-0.4, -0.2) is 19.8 Å². The van der Waals surface area contributed by atoms with Crippen molar-refractivity contribution in [3.8, 4) is 0 Å². The second kappa shape index (κ2) is 4.84. The zero-order chi connectivity index (χ0) is 12.4. The van der Waals surface area contributed by atoms with E-state index in [1.165, 1.54) is 21.9 Å². The van der Waals surface area contributed by atoms with Gasteiger partial charge in [-0.3, -0.25) is 10.2 Å². The van der Waals surface area contributed by atoms with Crippen LogP contribution in [0.1, 0.15) is 17.6 Å². The van der Waals surface area contributed by atoms with E-state index in [4.69, 9.17) is 11.1 Å². The van der Waals surface area contributed by atoms with E-state index >= 15 is 0 Å². The number of rotatable bonds is 3. The van der Waals surface area contributed by atoms with Gasteiger partial charge in [-0.25, -0.2) is 4.98 Å². The van der Waals surface area contributed by atoms with E-state index in [1.54, 1.807) is 0 Å². The van der Waals surface area contributed by atoms with Gasteiger partial charge in [0.1, 0.15) is 5.01 Å². The van der Waals surface area contributed by atoms with Crippen molar-refractivity contribution in [1.29, 1.82) is 5.41 Å². The molecule has 8 heteroatoms. The number of nitrogens with one attached hydrogen (secondary N) is 1. The highest BCUT2D eigenvalue weighted by Gasteiger charge is 2.08. The third-order valence-electron chi connectivity index (χ3n) is 2.02. The van der Waals surface area contributed by atoms with Crippen LogP contribution < -0.4 is 11.3 Å². The fourth-order valence-electron chi connectivity index (χ4n) is 1.26. The van der Waals surface area contributed by atoms with Gasteiger partial charge in [0.05, 0.1) is 5.69 Å². The molecule has 0 aliphatic heterocycles. The van der Waals surface area contributed by atoms with Crippen molar-refractivity contribution < 1.29 is 0 Å². The predicted octanol–water partition coefficient (Wildman–Crippen LogP) is 0.840. The molecule has 0 fully saturated rings. The Morgan fingerprint density at radius 2 is 2.47 bits per heavy atom. The molecule has 2 heterocycles. The van der Waals surface area contributed by atoms with Crippen LogP contribution in [0.25, 0.3) is 4.96 Å². The van der Waals surface area contributed by atoms with E-state index in [-0.39, 0.29) is 10.7 Å². The van der Waals surface area contributed by atoms with Crippen molar-refractivity contribution in [3.05, 3.63) is 27.1 Å². The molecule has 0 amide bonds. The topological polar surface area (TPSA) is 97.1 Å². The molecule has 0 aliphatic carbocycles. The smallest absolute Gasteiger partial charge is 0.275 e. The largest absolute Gasteiger partial charge is 0.379 e. The van der Waals surface area contributed by atoms with Gasteiger partial charge < -0.3 is 5.73 Å². The summed E-state index contributed by atoms with van der Waals surface area (Å²) in [5, 5.41) is 12.2. The molecule has 3 N–H and O–H groups in total. The fourth-order valence-corrected chi connectivity index (χ4v) is 2.57. The molecule has 0 spiro atoms. The molecule has 2 rings (SSSR count). The maximum Gasteiger partial charge on any atom is 0.275 e. The summed E-state index contributed by atoms with van der Waals surface area (Å²) < 4.78 is 1.31. The van der Waals surface area contributed by atoms with Crippen LogP contribution in [0.2, 0.25) is 0 Å². The lowest BCUT2D eigenvalue weighted by atomic mass is 10.4. The van der Waals surface area contributed by atoms with Crippen molar-refractivity contribution in [1.82, 2.24) is 14.6 Å². The average molecular weight is 269 g/mol. The highest BCUT2D eigenvalue weighted by Crippen LogP contribution is 2.14. The van der Waals surface area contributed by atoms with Gasteiger partial charge >= 0.3 is 0 Å². The number of aryl methyl sites for hydroxylation is 1. The van der Waals surface area contributed by atoms with Crippen molar-refractivity contribution in [2.75, 3.05) is 0 Å². The standard InChI is InChI=1S/C9H11N5OS2/c1-2-6-13-14-7(15)3-5(4-16-8(10)11)12-9(14)17-6/h3H,2,4H2,1H3,(H3,10,11). The number of nitrogens with zero attached hydrogens (tertiary/aromatic N) is 3. The van der Waals surface area contributed by atoms with Gasteiger partial charge in [0.15, 0.2) is 5.17 Å². The maximum atomic E-state index is 11.7. The fraction of sp³-hybridized carbons (Fsp3) is 0.333. The van der Waals surface area contributed by atoms with Crippen molar-refractivity contribution in [3.63, 3.8) is 0 Å². The number of amidine groups is 1. The Kier molecular flexibility index (Phi) is 3.43. The van der Waals surface area contributed by atoms with Crippen molar-refractivity contribution in [2.24, 2.45) is 5.73 Å². The molecule has 2 aromatic heterocycles. The van der Waals surface area contributed by atoms with Gasteiger partial charge in [-0.1, -0.05) is 30.0 Å². The summed E-state index contributed by atoms with van der Waals surface area (Å²) in [7, 11) is 0. The Morgan fingerprint density at radius 3 is 3.12 bits per heavy atom.